The van der Waals surface area contributed by atoms with E-state index >= 15 is 0 Å². The smallest absolute Gasteiger partial charge is 0.271 e. The highest BCUT2D eigenvalue weighted by Crippen LogP contribution is 2.25. The minimum atomic E-state index is -3.84. The van der Waals surface area contributed by atoms with Crippen LogP contribution < -0.4 is 4.72 Å². The Bertz CT molecular complexity index is 700. The minimum Gasteiger partial charge on any atom is -0.392 e. The summed E-state index contributed by atoms with van der Waals surface area (Å²) in [6.07, 6.45) is 0. The molecule has 1 aromatic carbocycles. The molecule has 0 aliphatic rings. The monoisotopic (exact) mass is 365 g/mol. The van der Waals surface area contributed by atoms with E-state index in [1.165, 1.54) is 29.6 Å². The van der Waals surface area contributed by atoms with Crippen molar-refractivity contribution in [1.82, 2.24) is 0 Å². The van der Waals surface area contributed by atoms with Crippen molar-refractivity contribution in [2.24, 2.45) is 0 Å². The number of aliphatic hydroxyl groups excluding tert-OH is 1. The van der Waals surface area contributed by atoms with Gasteiger partial charge in [0.25, 0.3) is 10.0 Å². The van der Waals surface area contributed by atoms with Crippen LogP contribution in [-0.2, 0) is 16.6 Å². The average molecular weight is 366 g/mol. The standard InChI is InChI=1S/C11H9BrFNO3S2/c12-8-1-2-10(9(13)4-8)14-19(16,17)11-3-7(5-15)6-18-11/h1-4,6,14-15H,5H2. The van der Waals surface area contributed by atoms with Gasteiger partial charge >= 0.3 is 0 Å². The van der Waals surface area contributed by atoms with Crippen LogP contribution in [0.2, 0.25) is 0 Å². The first-order valence-corrected chi connectivity index (χ1v) is 8.24. The van der Waals surface area contributed by atoms with E-state index in [1.54, 1.807) is 0 Å². The van der Waals surface area contributed by atoms with Crippen LogP contribution in [0.1, 0.15) is 5.56 Å². The van der Waals surface area contributed by atoms with Crippen molar-refractivity contribution in [3.8, 4) is 0 Å². The lowest BCUT2D eigenvalue weighted by molar-refractivity contribution is 0.282. The lowest BCUT2D eigenvalue weighted by atomic mass is 10.3. The molecule has 0 saturated heterocycles. The van der Waals surface area contributed by atoms with Gasteiger partial charge in [0.05, 0.1) is 12.3 Å². The molecule has 0 unspecified atom stereocenters. The SMILES string of the molecule is O=S(=O)(Nc1ccc(Br)cc1F)c1cc(CO)cs1. The summed E-state index contributed by atoms with van der Waals surface area (Å²) < 4.78 is 40.3. The summed E-state index contributed by atoms with van der Waals surface area (Å²) >= 11 is 4.06. The largest absolute Gasteiger partial charge is 0.392 e. The topological polar surface area (TPSA) is 66.4 Å². The number of benzene rings is 1. The second kappa shape index (κ2) is 5.58. The van der Waals surface area contributed by atoms with E-state index in [0.717, 1.165) is 11.3 Å². The van der Waals surface area contributed by atoms with Crippen LogP contribution in [0, 0.1) is 5.82 Å². The van der Waals surface area contributed by atoms with E-state index in [-0.39, 0.29) is 16.5 Å². The number of sulfonamides is 1. The van der Waals surface area contributed by atoms with Crippen LogP contribution in [0.3, 0.4) is 0 Å². The summed E-state index contributed by atoms with van der Waals surface area (Å²) in [6, 6.07) is 5.39. The molecule has 0 aliphatic carbocycles. The van der Waals surface area contributed by atoms with Crippen LogP contribution in [0.4, 0.5) is 10.1 Å². The summed E-state index contributed by atoms with van der Waals surface area (Å²) in [5, 5.41) is 10.4. The molecule has 8 heteroatoms. The van der Waals surface area contributed by atoms with Crippen molar-refractivity contribution in [3.05, 3.63) is 45.5 Å². The van der Waals surface area contributed by atoms with Crippen molar-refractivity contribution < 1.29 is 17.9 Å². The minimum absolute atomic E-state index is 0.0267. The Kier molecular flexibility index (Phi) is 4.24. The third-order valence-corrected chi connectivity index (χ3v) is 5.60. The zero-order valence-electron chi connectivity index (χ0n) is 9.43. The van der Waals surface area contributed by atoms with Gasteiger partial charge in [-0.3, -0.25) is 4.72 Å². The molecule has 0 amide bonds. The first kappa shape index (κ1) is 14.4. The van der Waals surface area contributed by atoms with E-state index < -0.39 is 15.8 Å². The van der Waals surface area contributed by atoms with E-state index in [4.69, 9.17) is 5.11 Å². The van der Waals surface area contributed by atoms with Crippen LogP contribution >= 0.6 is 27.3 Å². The van der Waals surface area contributed by atoms with Gasteiger partial charge in [-0.05, 0) is 35.2 Å². The number of rotatable bonds is 4. The van der Waals surface area contributed by atoms with E-state index in [1.807, 2.05) is 0 Å². The normalized spacial score (nSPS) is 11.5. The Morgan fingerprint density at radius 2 is 2.11 bits per heavy atom. The highest BCUT2D eigenvalue weighted by molar-refractivity contribution is 9.10. The van der Waals surface area contributed by atoms with E-state index in [9.17, 15) is 12.8 Å². The van der Waals surface area contributed by atoms with Gasteiger partial charge in [-0.2, -0.15) is 0 Å². The Morgan fingerprint density at radius 1 is 1.37 bits per heavy atom. The first-order chi connectivity index (χ1) is 8.92. The summed E-state index contributed by atoms with van der Waals surface area (Å²) in [5.41, 5.74) is 0.379. The molecule has 0 radical (unpaired) electrons. The molecule has 0 bridgehead atoms. The number of thiophene rings is 1. The molecule has 0 atom stereocenters. The van der Waals surface area contributed by atoms with E-state index in [2.05, 4.69) is 20.7 Å². The van der Waals surface area contributed by atoms with Gasteiger partial charge < -0.3 is 5.11 Å². The summed E-state index contributed by atoms with van der Waals surface area (Å²) in [5.74, 6) is -0.670. The van der Waals surface area contributed by atoms with Gasteiger partial charge in [-0.25, -0.2) is 12.8 Å². The van der Waals surface area contributed by atoms with Gasteiger partial charge in [0.15, 0.2) is 0 Å². The maximum Gasteiger partial charge on any atom is 0.271 e. The number of hydrogen-bond acceptors (Lipinski definition) is 4. The number of nitrogens with one attached hydrogen (secondary N) is 1. The third-order valence-electron chi connectivity index (χ3n) is 2.25. The molecule has 0 spiro atoms. The van der Waals surface area contributed by atoms with Crippen molar-refractivity contribution >= 4 is 43.0 Å². The van der Waals surface area contributed by atoms with Crippen molar-refractivity contribution in [2.45, 2.75) is 10.8 Å². The molecule has 0 fully saturated rings. The zero-order valence-corrected chi connectivity index (χ0v) is 12.6. The Hall–Kier alpha value is -0.960. The lowest BCUT2D eigenvalue weighted by Crippen LogP contribution is -2.12. The summed E-state index contributed by atoms with van der Waals surface area (Å²) in [4.78, 5) is 0. The lowest BCUT2D eigenvalue weighted by Gasteiger charge is -2.07. The van der Waals surface area contributed by atoms with Crippen LogP contribution in [-0.4, -0.2) is 13.5 Å². The fourth-order valence-electron chi connectivity index (χ4n) is 1.34. The molecule has 4 nitrogen and oxygen atoms in total. The number of aliphatic hydroxyl groups is 1. The van der Waals surface area contributed by atoms with Gasteiger partial charge in [-0.1, -0.05) is 15.9 Å². The van der Waals surface area contributed by atoms with Gasteiger partial charge in [0, 0.05) is 4.47 Å². The predicted octanol–water partition coefficient (Wildman–Crippen LogP) is 2.94. The second-order valence-corrected chi connectivity index (χ2v) is 7.40. The van der Waals surface area contributed by atoms with Crippen LogP contribution in [0.5, 0.6) is 0 Å². The highest BCUT2D eigenvalue weighted by atomic mass is 79.9. The predicted molar refractivity (Wildman–Crippen MR) is 75.2 cm³/mol. The van der Waals surface area contributed by atoms with Crippen molar-refractivity contribution in [1.29, 1.82) is 0 Å². The van der Waals surface area contributed by atoms with Crippen molar-refractivity contribution in [3.63, 3.8) is 0 Å². The van der Waals surface area contributed by atoms with Crippen LogP contribution in [0.15, 0.2) is 38.3 Å². The van der Waals surface area contributed by atoms with Gasteiger partial charge in [0.2, 0.25) is 0 Å². The van der Waals surface area contributed by atoms with Gasteiger partial charge in [-0.15, -0.1) is 11.3 Å². The fourth-order valence-corrected chi connectivity index (χ4v) is 3.95. The molecule has 1 aromatic heterocycles. The Labute approximate surface area is 122 Å². The molecule has 19 heavy (non-hydrogen) atoms. The molecule has 1 heterocycles. The molecule has 2 aromatic rings. The zero-order chi connectivity index (χ0) is 14.0. The summed E-state index contributed by atoms with van der Waals surface area (Å²) in [6.45, 7) is -0.237. The molecule has 0 aliphatic heterocycles. The maximum atomic E-state index is 13.6. The Balaban J connectivity index is 2.30. The Morgan fingerprint density at radius 3 is 2.68 bits per heavy atom. The summed E-state index contributed by atoms with van der Waals surface area (Å²) in [7, 11) is -3.84. The second-order valence-electron chi connectivity index (χ2n) is 3.66. The third kappa shape index (κ3) is 3.33. The highest BCUT2D eigenvalue weighted by Gasteiger charge is 2.18. The molecule has 102 valence electrons. The maximum absolute atomic E-state index is 13.6. The fraction of sp³-hybridized carbons (Fsp3) is 0.0909. The van der Waals surface area contributed by atoms with Crippen molar-refractivity contribution in [2.75, 3.05) is 4.72 Å². The molecule has 2 N–H and O–H groups in total. The van der Waals surface area contributed by atoms with Crippen LogP contribution in [0.25, 0.3) is 0 Å². The average Bonchev–Trinajstić information content (AvgIpc) is 2.82. The number of halogens is 2. The van der Waals surface area contributed by atoms with E-state index in [0.29, 0.717) is 10.0 Å². The quantitative estimate of drug-likeness (QED) is 0.875. The van der Waals surface area contributed by atoms with Gasteiger partial charge in [0.1, 0.15) is 10.0 Å². The molecule has 0 saturated carbocycles. The first-order valence-electron chi connectivity index (χ1n) is 5.08. The molecular weight excluding hydrogens is 357 g/mol. The number of hydrogen-bond donors (Lipinski definition) is 2. The molecule has 2 rings (SSSR count). The number of anilines is 1. The molecular formula is C11H9BrFNO3S2.